The van der Waals surface area contributed by atoms with Crippen LogP contribution in [0.4, 0.5) is 5.13 Å². The fourth-order valence-electron chi connectivity index (χ4n) is 3.55. The number of nitrogens with one attached hydrogen (secondary N) is 1. The van der Waals surface area contributed by atoms with Crippen molar-refractivity contribution in [2.24, 2.45) is 0 Å². The van der Waals surface area contributed by atoms with Gasteiger partial charge < -0.3 is 10.2 Å². The molecule has 1 amide bonds. The molecule has 1 fully saturated rings. The molecule has 0 radical (unpaired) electrons. The van der Waals surface area contributed by atoms with Gasteiger partial charge in [0.25, 0.3) is 10.0 Å². The number of sulfonamides is 1. The van der Waals surface area contributed by atoms with E-state index in [1.54, 1.807) is 17.5 Å². The molecule has 1 atom stereocenters. The van der Waals surface area contributed by atoms with E-state index in [4.69, 9.17) is 0 Å². The van der Waals surface area contributed by atoms with E-state index < -0.39 is 16.1 Å². The summed E-state index contributed by atoms with van der Waals surface area (Å²) in [5.74, 6) is -0.283. The van der Waals surface area contributed by atoms with Gasteiger partial charge in [0.1, 0.15) is 10.3 Å². The van der Waals surface area contributed by atoms with E-state index in [-0.39, 0.29) is 22.5 Å². The largest absolute Gasteiger partial charge is 0.301 e. The second kappa shape index (κ2) is 8.76. The number of hydrogen-bond donors (Lipinski definition) is 1. The fraction of sp³-hybridized carbons (Fsp3) is 0.529. The minimum absolute atomic E-state index is 0. The first kappa shape index (κ1) is 21.7. The van der Waals surface area contributed by atoms with E-state index in [1.165, 1.54) is 31.9 Å². The number of carbonyl (C=O) groups excluding carboxylic acids is 1. The number of halogens is 1. The highest BCUT2D eigenvalue weighted by Crippen LogP contribution is 2.31. The zero-order valence-corrected chi connectivity index (χ0v) is 18.7. The Bertz CT molecular complexity index is 930. The normalized spacial score (nSPS) is 21.0. The molecule has 0 aliphatic carbocycles. The summed E-state index contributed by atoms with van der Waals surface area (Å²) < 4.78 is 27.5. The number of fused-ring (bicyclic) bond motifs is 1. The van der Waals surface area contributed by atoms with Crippen molar-refractivity contribution in [1.82, 2.24) is 14.2 Å². The zero-order valence-electron chi connectivity index (χ0n) is 15.5. The molecule has 2 aromatic rings. The molecular weight excluding hydrogens is 440 g/mol. The summed E-state index contributed by atoms with van der Waals surface area (Å²) in [4.78, 5) is 20.9. The first-order valence-electron chi connectivity index (χ1n) is 8.98. The molecule has 28 heavy (non-hydrogen) atoms. The van der Waals surface area contributed by atoms with Crippen molar-refractivity contribution < 1.29 is 13.2 Å². The number of thiazole rings is 1. The molecule has 2 aliphatic heterocycles. The number of rotatable bonds is 4. The summed E-state index contributed by atoms with van der Waals surface area (Å²) in [5, 5.41) is 5.19. The lowest BCUT2D eigenvalue weighted by Crippen LogP contribution is -2.49. The highest BCUT2D eigenvalue weighted by atomic mass is 35.5. The van der Waals surface area contributed by atoms with Crippen molar-refractivity contribution in [2.75, 3.05) is 25.5 Å². The van der Waals surface area contributed by atoms with E-state index in [1.807, 2.05) is 0 Å². The molecule has 1 unspecified atom stereocenters. The number of anilines is 1. The van der Waals surface area contributed by atoms with E-state index in [2.05, 4.69) is 22.2 Å². The molecule has 0 aromatic carbocycles. The highest BCUT2D eigenvalue weighted by molar-refractivity contribution is 7.91. The number of thiophene rings is 1. The molecule has 154 valence electrons. The molecule has 4 heterocycles. The van der Waals surface area contributed by atoms with Crippen LogP contribution >= 0.6 is 35.1 Å². The molecule has 2 aliphatic rings. The number of likely N-dealkylation sites (N-methyl/N-ethyl adjacent to an activating group) is 1. The average Bonchev–Trinajstić information content (AvgIpc) is 3.31. The van der Waals surface area contributed by atoms with Crippen LogP contribution in [-0.2, 0) is 27.8 Å². The van der Waals surface area contributed by atoms with Crippen molar-refractivity contribution in [3.63, 3.8) is 0 Å². The van der Waals surface area contributed by atoms with Crippen LogP contribution in [0.25, 0.3) is 0 Å². The fourth-order valence-corrected chi connectivity index (χ4v) is 7.41. The van der Waals surface area contributed by atoms with Crippen LogP contribution in [0.15, 0.2) is 21.7 Å². The minimum Gasteiger partial charge on any atom is -0.301 e. The summed E-state index contributed by atoms with van der Waals surface area (Å²) in [6.07, 6.45) is 3.02. The Kier molecular flexibility index (Phi) is 6.78. The summed E-state index contributed by atoms with van der Waals surface area (Å²) in [7, 11) is -1.58. The van der Waals surface area contributed by atoms with Crippen LogP contribution in [0.1, 0.15) is 29.8 Å². The molecular formula is C17H23ClN4O3S3. The number of carbonyl (C=O) groups is 1. The zero-order chi connectivity index (χ0) is 19.0. The van der Waals surface area contributed by atoms with Crippen LogP contribution in [0.3, 0.4) is 0 Å². The molecule has 4 rings (SSSR count). The minimum atomic E-state index is -3.65. The molecule has 7 nitrogen and oxygen atoms in total. The monoisotopic (exact) mass is 462 g/mol. The second-order valence-electron chi connectivity index (χ2n) is 6.93. The number of hydrogen-bond acceptors (Lipinski definition) is 7. The Morgan fingerprint density at radius 2 is 2.14 bits per heavy atom. The summed E-state index contributed by atoms with van der Waals surface area (Å²) in [6, 6.07) is 2.62. The first-order valence-corrected chi connectivity index (χ1v) is 12.1. The van der Waals surface area contributed by atoms with Gasteiger partial charge in [-0.05, 0) is 31.3 Å². The van der Waals surface area contributed by atoms with Gasteiger partial charge in [0.2, 0.25) is 5.91 Å². The Labute approximate surface area is 179 Å². The van der Waals surface area contributed by atoms with Gasteiger partial charge in [0, 0.05) is 30.9 Å². The molecule has 1 N–H and O–H groups in total. The number of aromatic nitrogens is 1. The van der Waals surface area contributed by atoms with Gasteiger partial charge in [-0.1, -0.05) is 12.5 Å². The summed E-state index contributed by atoms with van der Waals surface area (Å²) in [5.41, 5.74) is 1.04. The number of nitrogens with zero attached hydrogens (tertiary/aromatic N) is 3. The molecule has 2 aromatic heterocycles. The van der Waals surface area contributed by atoms with Crippen LogP contribution < -0.4 is 5.32 Å². The smallest absolute Gasteiger partial charge is 0.253 e. The maximum absolute atomic E-state index is 12.9. The van der Waals surface area contributed by atoms with Crippen molar-refractivity contribution >= 4 is 56.1 Å². The summed E-state index contributed by atoms with van der Waals surface area (Å²) in [6.45, 7) is 2.17. The molecule has 0 saturated carbocycles. The third-order valence-corrected chi connectivity index (χ3v) is 9.25. The van der Waals surface area contributed by atoms with Gasteiger partial charge in [-0.25, -0.2) is 13.4 Å². The van der Waals surface area contributed by atoms with E-state index in [0.29, 0.717) is 18.1 Å². The van der Waals surface area contributed by atoms with E-state index in [0.717, 1.165) is 38.0 Å². The van der Waals surface area contributed by atoms with Crippen molar-refractivity contribution in [3.8, 4) is 0 Å². The van der Waals surface area contributed by atoms with E-state index in [9.17, 15) is 13.2 Å². The standard InChI is InChI=1S/C17H22N4O3S3.ClH/c1-20-9-7-12-14(11-20)26-17(18-12)19-16(22)13-5-2-3-8-21(13)27(23,24)15-6-4-10-25-15;/h4,6,10,13H,2-3,5,7-9,11H2,1H3,(H,18,19,22);1H. The van der Waals surface area contributed by atoms with Gasteiger partial charge in [0.15, 0.2) is 5.13 Å². The lowest BCUT2D eigenvalue weighted by molar-refractivity contribution is -0.120. The number of amides is 1. The predicted molar refractivity (Wildman–Crippen MR) is 114 cm³/mol. The first-order chi connectivity index (χ1) is 12.9. The maximum atomic E-state index is 12.9. The maximum Gasteiger partial charge on any atom is 0.253 e. The number of piperidine rings is 1. The van der Waals surface area contributed by atoms with Crippen molar-refractivity contribution in [3.05, 3.63) is 28.1 Å². The quantitative estimate of drug-likeness (QED) is 0.755. The van der Waals surface area contributed by atoms with Gasteiger partial charge in [0.05, 0.1) is 5.69 Å². The molecule has 0 spiro atoms. The lowest BCUT2D eigenvalue weighted by Gasteiger charge is -2.32. The van der Waals surface area contributed by atoms with Crippen LogP contribution in [0.2, 0.25) is 0 Å². The van der Waals surface area contributed by atoms with Gasteiger partial charge in [-0.3, -0.25) is 4.79 Å². The third kappa shape index (κ3) is 4.27. The topological polar surface area (TPSA) is 82.6 Å². The Morgan fingerprint density at radius 3 is 2.89 bits per heavy atom. The lowest BCUT2D eigenvalue weighted by atomic mass is 10.0. The van der Waals surface area contributed by atoms with Crippen molar-refractivity contribution in [2.45, 2.75) is 42.5 Å². The van der Waals surface area contributed by atoms with Gasteiger partial charge >= 0.3 is 0 Å². The van der Waals surface area contributed by atoms with Gasteiger partial charge in [-0.2, -0.15) is 4.31 Å². The van der Waals surface area contributed by atoms with Crippen LogP contribution in [0.5, 0.6) is 0 Å². The SMILES string of the molecule is CN1CCc2nc(NC(=O)C3CCCCN3S(=O)(=O)c3cccs3)sc2C1.Cl. The average molecular weight is 463 g/mol. The van der Waals surface area contributed by atoms with Crippen LogP contribution in [-0.4, -0.2) is 54.7 Å². The molecule has 1 saturated heterocycles. The summed E-state index contributed by atoms with van der Waals surface area (Å²) >= 11 is 2.67. The second-order valence-corrected chi connectivity index (χ2v) is 11.1. The van der Waals surface area contributed by atoms with Crippen molar-refractivity contribution in [1.29, 1.82) is 0 Å². The van der Waals surface area contributed by atoms with Gasteiger partial charge in [-0.15, -0.1) is 35.1 Å². The van der Waals surface area contributed by atoms with Crippen LogP contribution in [0, 0.1) is 0 Å². The highest BCUT2D eigenvalue weighted by Gasteiger charge is 2.38. The van der Waals surface area contributed by atoms with E-state index >= 15 is 0 Å². The molecule has 0 bridgehead atoms. The Balaban J connectivity index is 0.00000225. The Morgan fingerprint density at radius 1 is 1.32 bits per heavy atom. The third-order valence-electron chi connectivity index (χ3n) is 4.97. The predicted octanol–water partition coefficient (Wildman–Crippen LogP) is 2.80. The molecule has 11 heteroatoms. The Hall–Kier alpha value is -1.04.